The first kappa shape index (κ1) is 20.3. The largest absolute Gasteiger partial charge is 0.495 e. The Balaban J connectivity index is 1.66. The summed E-state index contributed by atoms with van der Waals surface area (Å²) in [7, 11) is 3.02. The molecule has 1 atom stereocenters. The van der Waals surface area contributed by atoms with E-state index in [4.69, 9.17) is 14.4 Å². The Labute approximate surface area is 171 Å². The lowest BCUT2D eigenvalue weighted by Gasteiger charge is -2.12. The van der Waals surface area contributed by atoms with Gasteiger partial charge in [0.15, 0.2) is 11.5 Å². The molecule has 0 N–H and O–H groups in total. The summed E-state index contributed by atoms with van der Waals surface area (Å²) >= 11 is 0. The maximum atomic E-state index is 5.55. The summed E-state index contributed by atoms with van der Waals surface area (Å²) in [5.41, 5.74) is 4.63. The molecule has 2 aromatic rings. The molecule has 1 aliphatic carbocycles. The minimum Gasteiger partial charge on any atom is -0.495 e. The van der Waals surface area contributed by atoms with Crippen LogP contribution in [0.2, 0.25) is 0 Å². The van der Waals surface area contributed by atoms with Gasteiger partial charge in [-0.3, -0.25) is 0 Å². The number of benzene rings is 2. The van der Waals surface area contributed by atoms with E-state index in [-0.39, 0.29) is 6.61 Å². The van der Waals surface area contributed by atoms with Crippen molar-refractivity contribution in [1.29, 1.82) is 0 Å². The van der Waals surface area contributed by atoms with Crippen molar-refractivity contribution in [2.45, 2.75) is 25.9 Å². The number of hydrogen-bond donors (Lipinski definition) is 0. The molecular weight excluding hydrogens is 366 g/mol. The smallest absolute Gasteiger partial charge is 0.164 e. The van der Waals surface area contributed by atoms with Crippen LogP contribution in [0.4, 0.5) is 0 Å². The van der Waals surface area contributed by atoms with Crippen LogP contribution in [0.15, 0.2) is 82.2 Å². The molecule has 0 heterocycles. The molecule has 1 unspecified atom stereocenters. The lowest BCUT2D eigenvalue weighted by atomic mass is 10.0. The second-order valence-electron chi connectivity index (χ2n) is 6.59. The van der Waals surface area contributed by atoms with Crippen LogP contribution >= 0.6 is 0 Å². The second kappa shape index (κ2) is 9.68. The Hall–Kier alpha value is -3.41. The van der Waals surface area contributed by atoms with E-state index < -0.39 is 0 Å². The van der Waals surface area contributed by atoms with Gasteiger partial charge < -0.3 is 14.4 Å². The summed E-state index contributed by atoms with van der Waals surface area (Å²) in [5.74, 6) is 1.41. The maximum absolute atomic E-state index is 5.55. The molecule has 1 fully saturated rings. The highest BCUT2D eigenvalue weighted by atomic mass is 16.6. The van der Waals surface area contributed by atoms with Crippen LogP contribution in [0, 0.1) is 0 Å². The Morgan fingerprint density at radius 3 is 2.48 bits per heavy atom. The van der Waals surface area contributed by atoms with Crippen LogP contribution in [0.5, 0.6) is 0 Å². The first-order chi connectivity index (χ1) is 14.1. The summed E-state index contributed by atoms with van der Waals surface area (Å²) in [5, 5.41) is 8.18. The van der Waals surface area contributed by atoms with Crippen LogP contribution in [0.1, 0.15) is 36.0 Å². The molecule has 0 saturated heterocycles. The van der Waals surface area contributed by atoms with E-state index >= 15 is 0 Å². The summed E-state index contributed by atoms with van der Waals surface area (Å²) < 4.78 is 5.22. The molecule has 0 amide bonds. The quantitative estimate of drug-likeness (QED) is 0.284. The number of amidine groups is 1. The summed E-state index contributed by atoms with van der Waals surface area (Å²) in [6.45, 7) is 5.97. The summed E-state index contributed by atoms with van der Waals surface area (Å²) in [6, 6.07) is 18.0. The predicted octanol–water partition coefficient (Wildman–Crippen LogP) is 4.68. The van der Waals surface area contributed by atoms with Gasteiger partial charge in [-0.15, -0.1) is 0 Å². The lowest BCUT2D eigenvalue weighted by molar-refractivity contribution is 0.130. The monoisotopic (exact) mass is 391 g/mol. The van der Waals surface area contributed by atoms with Gasteiger partial charge >= 0.3 is 0 Å². The van der Waals surface area contributed by atoms with Crippen molar-refractivity contribution in [1.82, 2.24) is 0 Å². The van der Waals surface area contributed by atoms with Gasteiger partial charge in [0.2, 0.25) is 0 Å². The van der Waals surface area contributed by atoms with Crippen LogP contribution in [0.3, 0.4) is 0 Å². The summed E-state index contributed by atoms with van der Waals surface area (Å²) in [4.78, 5) is 15.1. The number of hydrogen-bond acceptors (Lipinski definition) is 5. The minimum absolute atomic E-state index is 0.264. The highest BCUT2D eigenvalue weighted by Gasteiger charge is 2.33. The maximum Gasteiger partial charge on any atom is 0.164 e. The predicted molar refractivity (Wildman–Crippen MR) is 115 cm³/mol. The Kier molecular flexibility index (Phi) is 6.79. The number of nitrogens with zero attached hydrogens (tertiary/aromatic N) is 3. The molecule has 0 bridgehead atoms. The minimum atomic E-state index is 0.264. The average Bonchev–Trinajstić information content (AvgIpc) is 3.51. The van der Waals surface area contributed by atoms with E-state index in [9.17, 15) is 0 Å². The van der Waals surface area contributed by atoms with Gasteiger partial charge in [0.05, 0.1) is 7.11 Å². The first-order valence-corrected chi connectivity index (χ1v) is 9.35. The van der Waals surface area contributed by atoms with E-state index in [0.29, 0.717) is 23.2 Å². The number of oxime groups is 2. The van der Waals surface area contributed by atoms with Crippen molar-refractivity contribution >= 4 is 17.3 Å². The van der Waals surface area contributed by atoms with Crippen LogP contribution in [0.25, 0.3) is 0 Å². The van der Waals surface area contributed by atoms with E-state index in [1.54, 1.807) is 7.11 Å². The molecule has 0 aromatic heterocycles. The fraction of sp³-hybridized carbons (Fsp3) is 0.261. The Morgan fingerprint density at radius 1 is 1.03 bits per heavy atom. The molecule has 6 heteroatoms. The van der Waals surface area contributed by atoms with Gasteiger partial charge in [-0.25, -0.2) is 4.99 Å². The van der Waals surface area contributed by atoms with Crippen molar-refractivity contribution in [3.05, 3.63) is 83.6 Å². The number of ether oxygens (including phenoxy) is 1. The van der Waals surface area contributed by atoms with Gasteiger partial charge in [0, 0.05) is 22.8 Å². The van der Waals surface area contributed by atoms with Crippen LogP contribution < -0.4 is 0 Å². The van der Waals surface area contributed by atoms with Gasteiger partial charge in [-0.1, -0.05) is 71.5 Å². The third-order valence-electron chi connectivity index (χ3n) is 4.55. The average molecular weight is 391 g/mol. The van der Waals surface area contributed by atoms with Gasteiger partial charge in [-0.05, 0) is 18.9 Å². The molecule has 2 aromatic carbocycles. The molecule has 0 radical (unpaired) electrons. The second-order valence-corrected chi connectivity index (χ2v) is 6.59. The fourth-order valence-electron chi connectivity index (χ4n) is 3.01. The summed E-state index contributed by atoms with van der Waals surface area (Å²) in [6.07, 6.45) is 0.968. The van der Waals surface area contributed by atoms with Crippen molar-refractivity contribution in [2.75, 3.05) is 14.2 Å². The number of aliphatic imine (C=N–C) groups is 1. The molecule has 3 rings (SSSR count). The normalized spacial score (nSPS) is 17.8. The van der Waals surface area contributed by atoms with Crippen molar-refractivity contribution in [3.8, 4) is 0 Å². The lowest BCUT2D eigenvalue weighted by Crippen LogP contribution is -2.10. The fourth-order valence-corrected chi connectivity index (χ4v) is 3.01. The number of allylic oxidation sites excluding steroid dienone is 1. The zero-order valence-electron chi connectivity index (χ0n) is 17.0. The highest BCUT2D eigenvalue weighted by molar-refractivity contribution is 6.12. The standard InChI is InChI=1S/C23H25N3O3/c1-16(27-3)23(26-28-4)20-13-9-8-12-19(20)15-29-25-17(2)24-22-14-21(22)18-10-6-5-7-11-18/h5-13,21H,1,14-15H2,2-4H3/b24-22?,25-17+,26-23-. The van der Waals surface area contributed by atoms with E-state index in [1.807, 2.05) is 49.4 Å². The molecule has 1 aliphatic rings. The highest BCUT2D eigenvalue weighted by Crippen LogP contribution is 2.37. The zero-order valence-corrected chi connectivity index (χ0v) is 17.0. The molecule has 150 valence electrons. The van der Waals surface area contributed by atoms with Crippen molar-refractivity contribution in [3.63, 3.8) is 0 Å². The van der Waals surface area contributed by atoms with Gasteiger partial charge in [-0.2, -0.15) is 0 Å². The SMILES string of the molecule is C=C(OC)/C(=N/OC)c1ccccc1CO/N=C(\C)N=C1CC1c1ccccc1. The topological polar surface area (TPSA) is 64.8 Å². The first-order valence-electron chi connectivity index (χ1n) is 9.35. The van der Waals surface area contributed by atoms with Crippen LogP contribution in [-0.4, -0.2) is 31.5 Å². The number of methoxy groups -OCH3 is 1. The Bertz CT molecular complexity index is 949. The van der Waals surface area contributed by atoms with E-state index in [2.05, 4.69) is 34.0 Å². The van der Waals surface area contributed by atoms with Crippen LogP contribution in [-0.2, 0) is 21.0 Å². The third-order valence-corrected chi connectivity index (χ3v) is 4.55. The van der Waals surface area contributed by atoms with Crippen molar-refractivity contribution < 1.29 is 14.4 Å². The van der Waals surface area contributed by atoms with E-state index in [0.717, 1.165) is 23.3 Å². The Morgan fingerprint density at radius 2 is 1.76 bits per heavy atom. The molecule has 0 aliphatic heterocycles. The zero-order chi connectivity index (χ0) is 20.6. The molecule has 6 nitrogen and oxygen atoms in total. The number of rotatable bonds is 8. The molecular formula is C23H25N3O3. The van der Waals surface area contributed by atoms with Gasteiger partial charge in [0.1, 0.15) is 19.5 Å². The third kappa shape index (κ3) is 5.31. The van der Waals surface area contributed by atoms with Gasteiger partial charge in [0.25, 0.3) is 0 Å². The molecule has 29 heavy (non-hydrogen) atoms. The van der Waals surface area contributed by atoms with Crippen molar-refractivity contribution in [2.24, 2.45) is 15.3 Å². The van der Waals surface area contributed by atoms with E-state index in [1.165, 1.54) is 12.7 Å². The molecule has 1 saturated carbocycles. The molecule has 0 spiro atoms.